The van der Waals surface area contributed by atoms with Gasteiger partial charge in [-0.25, -0.2) is 8.42 Å². The van der Waals surface area contributed by atoms with Crippen molar-refractivity contribution in [3.8, 4) is 0 Å². The molecule has 1 N–H and O–H groups in total. The Morgan fingerprint density at radius 3 is 2.35 bits per heavy atom. The van der Waals surface area contributed by atoms with Crippen LogP contribution in [-0.2, 0) is 14.8 Å². The van der Waals surface area contributed by atoms with Gasteiger partial charge in [0, 0.05) is 7.05 Å². The van der Waals surface area contributed by atoms with E-state index in [1.54, 1.807) is 17.5 Å². The highest BCUT2D eigenvalue weighted by Gasteiger charge is 2.26. The minimum atomic E-state index is -3.64. The van der Waals surface area contributed by atoms with Crippen molar-refractivity contribution in [2.75, 3.05) is 13.6 Å². The summed E-state index contributed by atoms with van der Waals surface area (Å²) in [7, 11) is -2.21. The van der Waals surface area contributed by atoms with Crippen LogP contribution in [0.1, 0.15) is 38.8 Å². The quantitative estimate of drug-likeness (QED) is 0.779. The van der Waals surface area contributed by atoms with Gasteiger partial charge in [-0.05, 0) is 28.8 Å². The number of carbonyl (C=O) groups excluding carboxylic acids is 1. The first-order valence-electron chi connectivity index (χ1n) is 8.44. The molecule has 2 aromatic rings. The van der Waals surface area contributed by atoms with Crippen molar-refractivity contribution in [1.82, 2.24) is 9.62 Å². The third-order valence-electron chi connectivity index (χ3n) is 3.88. The molecule has 0 aliphatic heterocycles. The zero-order valence-corrected chi connectivity index (χ0v) is 17.2. The lowest BCUT2D eigenvalue weighted by Crippen LogP contribution is -2.40. The van der Waals surface area contributed by atoms with Crippen LogP contribution in [0.5, 0.6) is 0 Å². The molecule has 1 aromatic heterocycles. The number of benzene rings is 1. The van der Waals surface area contributed by atoms with Crippen molar-refractivity contribution in [3.63, 3.8) is 0 Å². The smallest absolute Gasteiger partial charge is 0.252 e. The van der Waals surface area contributed by atoms with E-state index < -0.39 is 10.0 Å². The lowest BCUT2D eigenvalue weighted by molar-refractivity contribution is -0.122. The van der Waals surface area contributed by atoms with Gasteiger partial charge in [-0.3, -0.25) is 4.79 Å². The zero-order valence-electron chi connectivity index (χ0n) is 15.6. The molecule has 0 saturated heterocycles. The average molecular weight is 395 g/mol. The first-order chi connectivity index (χ1) is 12.1. The standard InChI is InChI=1S/C19H26N2O3S2/c1-19(2,3)13-16(15-9-6-5-7-10-15)20-17(22)14-21(4)26(23,24)18-11-8-12-25-18/h5-12,16H,13-14H2,1-4H3,(H,20,22). The van der Waals surface area contributed by atoms with E-state index in [1.807, 2.05) is 30.3 Å². The Morgan fingerprint density at radius 1 is 1.15 bits per heavy atom. The van der Waals surface area contributed by atoms with Crippen molar-refractivity contribution in [3.05, 3.63) is 53.4 Å². The molecule has 1 heterocycles. The van der Waals surface area contributed by atoms with Crippen LogP contribution in [0, 0.1) is 5.41 Å². The average Bonchev–Trinajstić information content (AvgIpc) is 3.09. The SMILES string of the molecule is CN(CC(=O)NC(CC(C)(C)C)c1ccccc1)S(=O)(=O)c1cccs1. The molecular formula is C19H26N2O3S2. The first-order valence-corrected chi connectivity index (χ1v) is 10.8. The largest absolute Gasteiger partial charge is 0.348 e. The molecule has 0 radical (unpaired) electrons. The molecule has 1 amide bonds. The monoisotopic (exact) mass is 394 g/mol. The second kappa shape index (κ2) is 8.33. The number of sulfonamides is 1. The molecule has 0 spiro atoms. The maximum atomic E-state index is 12.5. The molecule has 2 rings (SSSR count). The summed E-state index contributed by atoms with van der Waals surface area (Å²) in [5.41, 5.74) is 1.03. The van der Waals surface area contributed by atoms with Gasteiger partial charge in [0.15, 0.2) is 0 Å². The van der Waals surface area contributed by atoms with Crippen LogP contribution in [0.2, 0.25) is 0 Å². The van der Waals surface area contributed by atoms with Crippen molar-refractivity contribution < 1.29 is 13.2 Å². The highest BCUT2D eigenvalue weighted by molar-refractivity contribution is 7.91. The van der Waals surface area contributed by atoms with E-state index in [1.165, 1.54) is 7.05 Å². The number of hydrogen-bond donors (Lipinski definition) is 1. The predicted octanol–water partition coefficient (Wildman–Crippen LogP) is 3.66. The number of nitrogens with one attached hydrogen (secondary N) is 1. The second-order valence-corrected chi connectivity index (χ2v) is 10.7. The van der Waals surface area contributed by atoms with Gasteiger partial charge in [0.25, 0.3) is 10.0 Å². The molecule has 1 aromatic carbocycles. The van der Waals surface area contributed by atoms with Gasteiger partial charge in [0.05, 0.1) is 12.6 Å². The highest BCUT2D eigenvalue weighted by Crippen LogP contribution is 2.29. The molecule has 1 unspecified atom stereocenters. The van der Waals surface area contributed by atoms with Crippen LogP contribution in [0.15, 0.2) is 52.1 Å². The summed E-state index contributed by atoms with van der Waals surface area (Å²) in [6.45, 7) is 6.13. The number of likely N-dealkylation sites (N-methyl/N-ethyl adjacent to an activating group) is 1. The molecule has 0 aliphatic rings. The molecule has 0 aliphatic carbocycles. The fourth-order valence-corrected chi connectivity index (χ4v) is 4.97. The number of amides is 1. The summed E-state index contributed by atoms with van der Waals surface area (Å²) < 4.78 is 26.3. The zero-order chi connectivity index (χ0) is 19.4. The van der Waals surface area contributed by atoms with E-state index >= 15 is 0 Å². The summed E-state index contributed by atoms with van der Waals surface area (Å²) in [6.07, 6.45) is 0.754. The van der Waals surface area contributed by atoms with Gasteiger partial charge < -0.3 is 5.32 Å². The normalized spacial score (nSPS) is 13.6. The Labute approximate surface area is 160 Å². The van der Waals surface area contributed by atoms with Crippen LogP contribution in [0.4, 0.5) is 0 Å². The van der Waals surface area contributed by atoms with Crippen LogP contribution < -0.4 is 5.32 Å². The minimum absolute atomic E-state index is 0.0166. The maximum Gasteiger partial charge on any atom is 0.252 e. The van der Waals surface area contributed by atoms with Crippen LogP contribution in [-0.4, -0.2) is 32.2 Å². The lowest BCUT2D eigenvalue weighted by atomic mass is 9.85. The Balaban J connectivity index is 2.10. The first kappa shape index (κ1) is 20.6. The molecule has 0 fully saturated rings. The second-order valence-electron chi connectivity index (χ2n) is 7.49. The third kappa shape index (κ3) is 5.65. The van der Waals surface area contributed by atoms with Gasteiger partial charge in [-0.15, -0.1) is 11.3 Å². The number of carbonyl (C=O) groups is 1. The van der Waals surface area contributed by atoms with Crippen molar-refractivity contribution in [2.45, 2.75) is 37.4 Å². The Morgan fingerprint density at radius 2 is 1.81 bits per heavy atom. The fraction of sp³-hybridized carbons (Fsp3) is 0.421. The van der Waals surface area contributed by atoms with Crippen LogP contribution in [0.3, 0.4) is 0 Å². The molecule has 0 saturated carbocycles. The van der Waals surface area contributed by atoms with E-state index in [2.05, 4.69) is 26.1 Å². The van der Waals surface area contributed by atoms with Crippen LogP contribution in [0.25, 0.3) is 0 Å². The van der Waals surface area contributed by atoms with Gasteiger partial charge >= 0.3 is 0 Å². The lowest BCUT2D eigenvalue weighted by Gasteiger charge is -2.28. The molecule has 142 valence electrons. The molecule has 0 bridgehead atoms. The summed E-state index contributed by atoms with van der Waals surface area (Å²) in [6, 6.07) is 12.8. The topological polar surface area (TPSA) is 66.5 Å². The summed E-state index contributed by atoms with van der Waals surface area (Å²) in [5.74, 6) is -0.314. The number of nitrogens with zero attached hydrogens (tertiary/aromatic N) is 1. The number of hydrogen-bond acceptors (Lipinski definition) is 4. The van der Waals surface area contributed by atoms with E-state index in [-0.39, 0.29) is 28.1 Å². The van der Waals surface area contributed by atoms with E-state index in [0.29, 0.717) is 0 Å². The predicted molar refractivity (Wildman–Crippen MR) is 106 cm³/mol. The highest BCUT2D eigenvalue weighted by atomic mass is 32.2. The van der Waals surface area contributed by atoms with E-state index in [0.717, 1.165) is 27.6 Å². The van der Waals surface area contributed by atoms with Gasteiger partial charge in [0.1, 0.15) is 4.21 Å². The Kier molecular flexibility index (Phi) is 6.60. The van der Waals surface area contributed by atoms with Gasteiger partial charge in [-0.2, -0.15) is 4.31 Å². The van der Waals surface area contributed by atoms with Crippen molar-refractivity contribution in [1.29, 1.82) is 0 Å². The van der Waals surface area contributed by atoms with Gasteiger partial charge in [0.2, 0.25) is 5.91 Å². The van der Waals surface area contributed by atoms with Gasteiger partial charge in [-0.1, -0.05) is 57.2 Å². The molecule has 5 nitrogen and oxygen atoms in total. The Bertz CT molecular complexity index is 810. The Hall–Kier alpha value is -1.70. The van der Waals surface area contributed by atoms with E-state index in [4.69, 9.17) is 0 Å². The summed E-state index contributed by atoms with van der Waals surface area (Å²) in [4.78, 5) is 12.5. The maximum absolute atomic E-state index is 12.5. The van der Waals surface area contributed by atoms with E-state index in [9.17, 15) is 13.2 Å². The van der Waals surface area contributed by atoms with Crippen molar-refractivity contribution >= 4 is 27.3 Å². The van der Waals surface area contributed by atoms with Crippen LogP contribution >= 0.6 is 11.3 Å². The molecule has 7 heteroatoms. The number of thiophene rings is 1. The summed E-state index contributed by atoms with van der Waals surface area (Å²) in [5, 5.41) is 4.70. The van der Waals surface area contributed by atoms with Crippen molar-refractivity contribution in [2.24, 2.45) is 5.41 Å². The fourth-order valence-electron chi connectivity index (χ4n) is 2.64. The molecule has 1 atom stereocenters. The third-order valence-corrected chi connectivity index (χ3v) is 7.06. The summed E-state index contributed by atoms with van der Waals surface area (Å²) >= 11 is 1.14. The number of rotatable bonds is 7. The molecular weight excluding hydrogens is 368 g/mol. The molecule has 26 heavy (non-hydrogen) atoms. The minimum Gasteiger partial charge on any atom is -0.348 e.